The van der Waals surface area contributed by atoms with Crippen LogP contribution in [0.5, 0.6) is 0 Å². The number of aliphatic carboxylic acids is 1. The number of nitrogens with one attached hydrogen (secondary N) is 2. The van der Waals surface area contributed by atoms with Crippen LogP contribution in [0.1, 0.15) is 15.9 Å². The molecule has 12 heteroatoms. The fourth-order valence-corrected chi connectivity index (χ4v) is 6.33. The molecule has 192 valence electrons. The van der Waals surface area contributed by atoms with E-state index in [0.717, 1.165) is 20.4 Å². The molecule has 0 bridgehead atoms. The molecule has 1 aromatic heterocycles. The van der Waals surface area contributed by atoms with Crippen molar-refractivity contribution < 1.29 is 24.6 Å². The molecule has 38 heavy (non-hydrogen) atoms. The minimum atomic E-state index is -1.18. The van der Waals surface area contributed by atoms with Crippen molar-refractivity contribution in [3.05, 3.63) is 92.8 Å². The number of carbonyl (C=O) groups excluding carboxylic acids is 2. The molecule has 0 radical (unpaired) electrons. The number of carbonyl (C=O) groups is 3. The molecule has 2 atom stereocenters. The van der Waals surface area contributed by atoms with Gasteiger partial charge in [0, 0.05) is 27.7 Å². The van der Waals surface area contributed by atoms with Gasteiger partial charge in [-0.05, 0) is 46.4 Å². The standard InChI is InChI=1S/C26H20IN5O5S/c1-32-18-12-19(33)17(24(35)36)11-16(18)20(27)21(32)13-7-9-14(10-8-13)22(34)28-25(37)29-26-31-30-23(38-26)15-5-3-2-4-6-15/h2-12,16,18,33H,1H3,(H,35,36)(H2,28,29,31,34,37). The molecule has 10 nitrogen and oxygen atoms in total. The van der Waals surface area contributed by atoms with E-state index >= 15 is 0 Å². The maximum Gasteiger partial charge on any atom is 0.339 e. The number of nitrogens with zero attached hydrogens (tertiary/aromatic N) is 3. The van der Waals surface area contributed by atoms with Crippen LogP contribution in [0.4, 0.5) is 9.93 Å². The van der Waals surface area contributed by atoms with Crippen LogP contribution < -0.4 is 10.6 Å². The van der Waals surface area contributed by atoms with Crippen LogP contribution in [0.25, 0.3) is 16.3 Å². The van der Waals surface area contributed by atoms with Gasteiger partial charge in [-0.2, -0.15) is 0 Å². The first-order valence-corrected chi connectivity index (χ1v) is 13.2. The van der Waals surface area contributed by atoms with Crippen LogP contribution in [-0.2, 0) is 4.79 Å². The number of urea groups is 1. The first-order valence-electron chi connectivity index (χ1n) is 11.3. The highest BCUT2D eigenvalue weighted by molar-refractivity contribution is 14.1. The Kier molecular flexibility index (Phi) is 6.99. The zero-order valence-corrected chi connectivity index (χ0v) is 22.7. The van der Waals surface area contributed by atoms with Crippen molar-refractivity contribution >= 4 is 62.7 Å². The lowest BCUT2D eigenvalue weighted by Crippen LogP contribution is -2.34. The second-order valence-electron chi connectivity index (χ2n) is 8.53. The molecule has 0 saturated carbocycles. The van der Waals surface area contributed by atoms with Crippen LogP contribution in [0.3, 0.4) is 0 Å². The first-order chi connectivity index (χ1) is 18.2. The number of carboxylic acids is 1. The number of aromatic nitrogens is 2. The van der Waals surface area contributed by atoms with Gasteiger partial charge in [0.15, 0.2) is 0 Å². The Bertz CT molecular complexity index is 1530. The topological polar surface area (TPSA) is 145 Å². The number of aliphatic hydroxyl groups excluding tert-OH is 1. The minimum absolute atomic E-state index is 0.120. The lowest BCUT2D eigenvalue weighted by Gasteiger charge is -2.28. The number of rotatable bonds is 5. The molecule has 3 amide bonds. The molecule has 3 aromatic rings. The van der Waals surface area contributed by atoms with Crippen molar-refractivity contribution in [1.82, 2.24) is 20.4 Å². The fourth-order valence-electron chi connectivity index (χ4n) is 4.35. The van der Waals surface area contributed by atoms with Crippen LogP contribution in [0.15, 0.2) is 81.7 Å². The Hall–Kier alpha value is -4.04. The largest absolute Gasteiger partial charge is 0.507 e. The summed E-state index contributed by atoms with van der Waals surface area (Å²) in [7, 11) is 1.86. The number of imide groups is 1. The van der Waals surface area contributed by atoms with Gasteiger partial charge in [-0.1, -0.05) is 59.9 Å². The van der Waals surface area contributed by atoms with E-state index in [1.54, 1.807) is 36.4 Å². The third kappa shape index (κ3) is 4.91. The highest BCUT2D eigenvalue weighted by Gasteiger charge is 2.40. The van der Waals surface area contributed by atoms with Crippen LogP contribution in [0.2, 0.25) is 0 Å². The van der Waals surface area contributed by atoms with E-state index in [2.05, 4.69) is 43.4 Å². The number of hydrogen-bond acceptors (Lipinski definition) is 8. The molecule has 2 unspecified atom stereocenters. The van der Waals surface area contributed by atoms with Crippen molar-refractivity contribution in [1.29, 1.82) is 0 Å². The average molecular weight is 641 g/mol. The van der Waals surface area contributed by atoms with Crippen molar-refractivity contribution in [2.24, 2.45) is 5.92 Å². The monoisotopic (exact) mass is 641 g/mol. The molecule has 2 heterocycles. The number of benzene rings is 2. The molecule has 0 saturated heterocycles. The Labute approximate surface area is 234 Å². The highest BCUT2D eigenvalue weighted by Crippen LogP contribution is 2.46. The summed E-state index contributed by atoms with van der Waals surface area (Å²) in [6.07, 6.45) is 3.11. The molecule has 4 N–H and O–H groups in total. The summed E-state index contributed by atoms with van der Waals surface area (Å²) in [5.74, 6) is -2.24. The number of likely N-dealkylation sites (N-methyl/N-ethyl adjacent to an activating group) is 1. The average Bonchev–Trinajstić information content (AvgIpc) is 3.46. The van der Waals surface area contributed by atoms with Gasteiger partial charge in [0.05, 0.1) is 17.3 Å². The summed E-state index contributed by atoms with van der Waals surface area (Å²) < 4.78 is 0.918. The van der Waals surface area contributed by atoms with E-state index in [-0.39, 0.29) is 34.0 Å². The quantitative estimate of drug-likeness (QED) is 0.295. The number of amides is 3. The van der Waals surface area contributed by atoms with E-state index in [1.807, 2.05) is 42.3 Å². The molecule has 5 rings (SSSR count). The number of carboxylic acid groups (broad SMARTS) is 1. The SMILES string of the molecule is CN1C(c2ccc(C(=O)NC(=O)Nc3nnc(-c4ccccc4)s3)cc2)=C(I)C2C=C(C(=O)O)C(O)=CC21. The summed E-state index contributed by atoms with van der Waals surface area (Å²) >= 11 is 3.38. The van der Waals surface area contributed by atoms with Gasteiger partial charge in [0.2, 0.25) is 5.13 Å². The number of hydrogen-bond donors (Lipinski definition) is 4. The van der Waals surface area contributed by atoms with E-state index in [9.17, 15) is 24.6 Å². The van der Waals surface area contributed by atoms with Gasteiger partial charge in [-0.3, -0.25) is 15.4 Å². The van der Waals surface area contributed by atoms with Crippen LogP contribution in [0, 0.1) is 5.92 Å². The second kappa shape index (κ2) is 10.4. The number of anilines is 1. The van der Waals surface area contributed by atoms with Gasteiger partial charge in [-0.15, -0.1) is 10.2 Å². The van der Waals surface area contributed by atoms with Gasteiger partial charge < -0.3 is 15.1 Å². The maximum absolute atomic E-state index is 12.6. The zero-order chi connectivity index (χ0) is 27.0. The molecule has 0 fully saturated rings. The second-order valence-corrected chi connectivity index (χ2v) is 10.7. The van der Waals surface area contributed by atoms with Crippen molar-refractivity contribution in [3.63, 3.8) is 0 Å². The Balaban J connectivity index is 1.26. The van der Waals surface area contributed by atoms with Crippen LogP contribution >= 0.6 is 33.9 Å². The highest BCUT2D eigenvalue weighted by atomic mass is 127. The molecular formula is C26H20IN5O5S. The predicted molar refractivity (Wildman–Crippen MR) is 151 cm³/mol. The van der Waals surface area contributed by atoms with Crippen LogP contribution in [-0.4, -0.2) is 56.3 Å². The lowest BCUT2D eigenvalue weighted by molar-refractivity contribution is -0.132. The summed E-state index contributed by atoms with van der Waals surface area (Å²) in [5, 5.41) is 33.2. The first kappa shape index (κ1) is 25.6. The van der Waals surface area contributed by atoms with E-state index in [0.29, 0.717) is 5.01 Å². The molecule has 1 aliphatic heterocycles. The predicted octanol–water partition coefficient (Wildman–Crippen LogP) is 4.67. The number of halogens is 1. The van der Waals surface area contributed by atoms with Gasteiger partial charge >= 0.3 is 12.0 Å². The molecular weight excluding hydrogens is 621 g/mol. The molecule has 1 aliphatic carbocycles. The minimum Gasteiger partial charge on any atom is -0.507 e. The Morgan fingerprint density at radius 2 is 1.71 bits per heavy atom. The fraction of sp³-hybridized carbons (Fsp3) is 0.115. The van der Waals surface area contributed by atoms with E-state index in [4.69, 9.17) is 0 Å². The lowest BCUT2D eigenvalue weighted by atomic mass is 9.91. The summed E-state index contributed by atoms with van der Waals surface area (Å²) in [4.78, 5) is 38.4. The van der Waals surface area contributed by atoms with Gasteiger partial charge in [0.25, 0.3) is 5.91 Å². The summed E-state index contributed by atoms with van der Waals surface area (Å²) in [6.45, 7) is 0. The van der Waals surface area contributed by atoms with Gasteiger partial charge in [-0.25, -0.2) is 9.59 Å². The summed E-state index contributed by atoms with van der Waals surface area (Å²) in [5.41, 5.74) is 2.71. The number of aliphatic hydroxyl groups is 1. The number of fused-ring (bicyclic) bond motifs is 1. The normalized spacial score (nSPS) is 18.4. The third-order valence-corrected chi connectivity index (χ3v) is 8.30. The Morgan fingerprint density at radius 1 is 1.00 bits per heavy atom. The Morgan fingerprint density at radius 3 is 2.39 bits per heavy atom. The maximum atomic E-state index is 12.6. The van der Waals surface area contributed by atoms with Crippen molar-refractivity contribution in [3.8, 4) is 10.6 Å². The van der Waals surface area contributed by atoms with Gasteiger partial charge in [0.1, 0.15) is 10.8 Å². The van der Waals surface area contributed by atoms with E-state index in [1.165, 1.54) is 11.3 Å². The molecule has 2 aliphatic rings. The third-order valence-electron chi connectivity index (χ3n) is 6.18. The smallest absolute Gasteiger partial charge is 0.339 e. The van der Waals surface area contributed by atoms with Crippen molar-refractivity contribution in [2.75, 3.05) is 12.4 Å². The van der Waals surface area contributed by atoms with Crippen molar-refractivity contribution in [2.45, 2.75) is 6.04 Å². The summed E-state index contributed by atoms with van der Waals surface area (Å²) in [6, 6.07) is 15.2. The molecule has 2 aromatic carbocycles. The zero-order valence-electron chi connectivity index (χ0n) is 19.8. The molecule has 0 spiro atoms. The van der Waals surface area contributed by atoms with E-state index < -0.39 is 17.9 Å².